The molecule has 0 aromatic heterocycles. The van der Waals surface area contributed by atoms with E-state index in [1.165, 1.54) is 12.0 Å². The molecule has 0 heterocycles. The van der Waals surface area contributed by atoms with Crippen LogP contribution in [0.15, 0.2) is 30.3 Å². The molecule has 1 rings (SSSR count). The highest BCUT2D eigenvalue weighted by Crippen LogP contribution is 2.08. The lowest BCUT2D eigenvalue weighted by Gasteiger charge is -2.31. The number of carbonyl (C=O) groups excluding carboxylic acids is 4. The molecular formula is C26H39N5O9. The topological polar surface area (TPSA) is 191 Å². The van der Waals surface area contributed by atoms with E-state index in [2.05, 4.69) is 0 Å². The summed E-state index contributed by atoms with van der Waals surface area (Å²) in [5.41, 5.74) is 6.05. The van der Waals surface area contributed by atoms with Crippen molar-refractivity contribution in [3.05, 3.63) is 35.9 Å². The first kappa shape index (κ1) is 34.0. The van der Waals surface area contributed by atoms with Crippen LogP contribution in [0.3, 0.4) is 0 Å². The predicted octanol–water partition coefficient (Wildman–Crippen LogP) is -1.07. The molecule has 0 unspecified atom stereocenters. The summed E-state index contributed by atoms with van der Waals surface area (Å²) in [5.74, 6) is -5.24. The van der Waals surface area contributed by atoms with Crippen LogP contribution in [0.1, 0.15) is 19.4 Å². The van der Waals surface area contributed by atoms with Crippen molar-refractivity contribution < 1.29 is 43.7 Å². The first-order valence-electron chi connectivity index (χ1n) is 12.6. The van der Waals surface area contributed by atoms with Crippen LogP contribution in [-0.2, 0) is 40.0 Å². The second-order valence-electron chi connectivity index (χ2n) is 9.45. The second-order valence-corrected chi connectivity index (χ2v) is 9.45. The lowest BCUT2D eigenvalue weighted by atomic mass is 10.2. The van der Waals surface area contributed by atoms with E-state index in [9.17, 15) is 33.9 Å². The Morgan fingerprint density at radius 3 is 1.77 bits per heavy atom. The number of nitrogens with zero attached hydrogens (tertiary/aromatic N) is 4. The van der Waals surface area contributed by atoms with E-state index in [0.29, 0.717) is 5.56 Å². The summed E-state index contributed by atoms with van der Waals surface area (Å²) in [6.07, 6.45) is 0. The molecular weight excluding hydrogens is 526 g/mol. The number of rotatable bonds is 18. The summed E-state index contributed by atoms with van der Waals surface area (Å²) < 4.78 is 5.03. The number of amides is 4. The average molecular weight is 566 g/mol. The van der Waals surface area contributed by atoms with Crippen molar-refractivity contribution >= 4 is 35.6 Å². The van der Waals surface area contributed by atoms with Gasteiger partial charge in [-0.15, -0.1) is 0 Å². The molecule has 1 aromatic carbocycles. The minimum atomic E-state index is -1.34. The number of carbonyl (C=O) groups is 6. The zero-order chi connectivity index (χ0) is 30.2. The van der Waals surface area contributed by atoms with Crippen LogP contribution in [0.25, 0.3) is 0 Å². The van der Waals surface area contributed by atoms with Gasteiger partial charge in [0.1, 0.15) is 19.6 Å². The second kappa shape index (κ2) is 17.5. The minimum absolute atomic E-state index is 0.0305. The molecule has 0 atom stereocenters. The maximum Gasteiger partial charge on any atom is 0.323 e. The molecule has 222 valence electrons. The molecule has 0 fully saturated rings. The monoisotopic (exact) mass is 565 g/mol. The van der Waals surface area contributed by atoms with Crippen molar-refractivity contribution in [1.82, 2.24) is 19.6 Å². The minimum Gasteiger partial charge on any atom is -0.480 e. The predicted molar refractivity (Wildman–Crippen MR) is 143 cm³/mol. The van der Waals surface area contributed by atoms with E-state index in [1.807, 2.05) is 13.8 Å². The van der Waals surface area contributed by atoms with E-state index < -0.39 is 74.8 Å². The Morgan fingerprint density at radius 2 is 1.25 bits per heavy atom. The van der Waals surface area contributed by atoms with Gasteiger partial charge in [-0.05, 0) is 11.5 Å². The molecule has 14 heteroatoms. The molecule has 0 radical (unpaired) electrons. The molecule has 0 aliphatic heterocycles. The Hall–Kier alpha value is -4.04. The van der Waals surface area contributed by atoms with Crippen LogP contribution in [-0.4, -0.2) is 131 Å². The summed E-state index contributed by atoms with van der Waals surface area (Å²) in [6, 6.07) is 8.82. The van der Waals surface area contributed by atoms with Gasteiger partial charge in [0.2, 0.25) is 23.6 Å². The van der Waals surface area contributed by atoms with Gasteiger partial charge in [0.25, 0.3) is 0 Å². The molecule has 1 aromatic rings. The summed E-state index contributed by atoms with van der Waals surface area (Å²) in [5, 5.41) is 18.4. The molecule has 0 saturated heterocycles. The number of carboxylic acid groups (broad SMARTS) is 2. The Kier molecular flexibility index (Phi) is 14.9. The first-order chi connectivity index (χ1) is 18.9. The van der Waals surface area contributed by atoms with Crippen LogP contribution >= 0.6 is 0 Å². The van der Waals surface area contributed by atoms with E-state index in [-0.39, 0.29) is 32.2 Å². The third kappa shape index (κ3) is 12.7. The number of hydrogen-bond acceptors (Lipinski definition) is 8. The highest BCUT2D eigenvalue weighted by atomic mass is 16.5. The molecule has 4 amide bonds. The lowest BCUT2D eigenvalue weighted by molar-refractivity contribution is -0.150. The highest BCUT2D eigenvalue weighted by Gasteiger charge is 2.28. The SMILES string of the molecule is COCCN(CC(=O)N(CC(=O)N(CC(=O)O)Cc1ccccc1)CC(C)C)C(=O)CN(CC(=O)O)C(=O)CN. The van der Waals surface area contributed by atoms with Crippen LogP contribution in [0.4, 0.5) is 0 Å². The average Bonchev–Trinajstić information content (AvgIpc) is 2.88. The van der Waals surface area contributed by atoms with Gasteiger partial charge in [-0.25, -0.2) is 0 Å². The fourth-order valence-corrected chi connectivity index (χ4v) is 3.70. The summed E-state index contributed by atoms with van der Waals surface area (Å²) in [6.45, 7) is 0.535. The van der Waals surface area contributed by atoms with Crippen LogP contribution in [0.2, 0.25) is 0 Å². The van der Waals surface area contributed by atoms with Crippen molar-refractivity contribution in [3.63, 3.8) is 0 Å². The van der Waals surface area contributed by atoms with Crippen molar-refractivity contribution in [2.75, 3.05) is 66.1 Å². The zero-order valence-corrected chi connectivity index (χ0v) is 23.2. The molecule has 0 saturated carbocycles. The van der Waals surface area contributed by atoms with Crippen molar-refractivity contribution in [2.24, 2.45) is 11.7 Å². The van der Waals surface area contributed by atoms with Gasteiger partial charge in [0.05, 0.1) is 26.2 Å². The van der Waals surface area contributed by atoms with Crippen molar-refractivity contribution in [3.8, 4) is 0 Å². The number of methoxy groups -OCH3 is 1. The number of hydrogen-bond donors (Lipinski definition) is 3. The van der Waals surface area contributed by atoms with Crippen LogP contribution in [0.5, 0.6) is 0 Å². The summed E-state index contributed by atoms with van der Waals surface area (Å²) >= 11 is 0. The van der Waals surface area contributed by atoms with E-state index in [1.54, 1.807) is 30.3 Å². The molecule has 14 nitrogen and oxygen atoms in total. The van der Waals surface area contributed by atoms with Gasteiger partial charge >= 0.3 is 11.9 Å². The zero-order valence-electron chi connectivity index (χ0n) is 23.2. The maximum atomic E-state index is 13.4. The smallest absolute Gasteiger partial charge is 0.323 e. The summed E-state index contributed by atoms with van der Waals surface area (Å²) in [4.78, 5) is 78.5. The van der Waals surface area contributed by atoms with E-state index in [4.69, 9.17) is 15.6 Å². The van der Waals surface area contributed by atoms with Gasteiger partial charge in [-0.3, -0.25) is 28.8 Å². The normalized spacial score (nSPS) is 10.6. The molecule has 0 aliphatic rings. The number of carboxylic acids is 2. The molecule has 4 N–H and O–H groups in total. The highest BCUT2D eigenvalue weighted by molar-refractivity contribution is 5.92. The molecule has 0 aliphatic carbocycles. The Morgan fingerprint density at radius 1 is 0.750 bits per heavy atom. The standard InChI is InChI=1S/C26H39N5O9/c1-19(2)12-29(16-24(35)30(17-25(36)37)13-20-7-5-4-6-8-20)23(34)14-28(9-10-40-3)22(33)15-31(18-26(38)39)21(32)11-27/h4-8,19H,9-18,27H2,1-3H3,(H,36,37)(H,38,39). The van der Waals surface area contributed by atoms with Crippen LogP contribution in [0, 0.1) is 5.92 Å². The Balaban J connectivity index is 3.11. The van der Waals surface area contributed by atoms with Gasteiger partial charge in [0, 0.05) is 26.7 Å². The third-order valence-corrected chi connectivity index (χ3v) is 5.58. The van der Waals surface area contributed by atoms with Gasteiger partial charge in [-0.1, -0.05) is 44.2 Å². The van der Waals surface area contributed by atoms with Crippen molar-refractivity contribution in [1.29, 1.82) is 0 Å². The molecule has 40 heavy (non-hydrogen) atoms. The largest absolute Gasteiger partial charge is 0.480 e. The lowest BCUT2D eigenvalue weighted by Crippen LogP contribution is -2.52. The van der Waals surface area contributed by atoms with Crippen LogP contribution < -0.4 is 5.73 Å². The molecule has 0 spiro atoms. The maximum absolute atomic E-state index is 13.4. The first-order valence-corrected chi connectivity index (χ1v) is 12.6. The van der Waals surface area contributed by atoms with Gasteiger partial charge in [0.15, 0.2) is 0 Å². The van der Waals surface area contributed by atoms with Crippen molar-refractivity contribution in [2.45, 2.75) is 20.4 Å². The van der Waals surface area contributed by atoms with Gasteiger partial charge < -0.3 is 40.3 Å². The van der Waals surface area contributed by atoms with Gasteiger partial charge in [-0.2, -0.15) is 0 Å². The fraction of sp³-hybridized carbons (Fsp3) is 0.538. The fourth-order valence-electron chi connectivity index (χ4n) is 3.70. The number of ether oxygens (including phenoxy) is 1. The van der Waals surface area contributed by atoms with E-state index >= 15 is 0 Å². The Labute approximate surface area is 233 Å². The number of benzene rings is 1. The molecule has 0 bridgehead atoms. The van der Waals surface area contributed by atoms with E-state index in [0.717, 1.165) is 14.7 Å². The third-order valence-electron chi connectivity index (χ3n) is 5.58. The number of nitrogens with two attached hydrogens (primary N) is 1. The number of aliphatic carboxylic acids is 2. The quantitative estimate of drug-likeness (QED) is 0.197. The summed E-state index contributed by atoms with van der Waals surface area (Å²) in [7, 11) is 1.40. The Bertz CT molecular complexity index is 1020.